The highest BCUT2D eigenvalue weighted by Gasteiger charge is 2.16. The van der Waals surface area contributed by atoms with E-state index in [-0.39, 0.29) is 0 Å². The quantitative estimate of drug-likeness (QED) is 0.176. The first-order valence-electron chi connectivity index (χ1n) is 17.8. The number of hydrogen-bond acceptors (Lipinski definition) is 4. The highest BCUT2D eigenvalue weighted by molar-refractivity contribution is 6.07. The molecule has 10 aromatic rings. The van der Waals surface area contributed by atoms with Crippen molar-refractivity contribution in [3.63, 3.8) is 0 Å². The smallest absolute Gasteiger partial charge is 0.164 e. The molecular formula is C49H31N3O. The van der Waals surface area contributed by atoms with Gasteiger partial charge in [-0.3, -0.25) is 0 Å². The van der Waals surface area contributed by atoms with Gasteiger partial charge in [-0.05, 0) is 80.6 Å². The highest BCUT2D eigenvalue weighted by Crippen LogP contribution is 2.38. The molecule has 10 rings (SSSR count). The summed E-state index contributed by atoms with van der Waals surface area (Å²) >= 11 is 0. The van der Waals surface area contributed by atoms with Crippen molar-refractivity contribution in [2.24, 2.45) is 0 Å². The van der Waals surface area contributed by atoms with Crippen molar-refractivity contribution in [1.29, 1.82) is 0 Å². The number of benzene rings is 8. The van der Waals surface area contributed by atoms with Crippen LogP contribution in [0.1, 0.15) is 0 Å². The molecule has 8 aromatic carbocycles. The zero-order valence-corrected chi connectivity index (χ0v) is 28.6. The Hall–Kier alpha value is -7.17. The zero-order chi connectivity index (χ0) is 35.1. The molecule has 0 radical (unpaired) electrons. The second-order valence-electron chi connectivity index (χ2n) is 13.3. The normalized spacial score (nSPS) is 11.4. The molecule has 0 saturated carbocycles. The summed E-state index contributed by atoms with van der Waals surface area (Å²) in [5.41, 5.74) is 11.4. The molecule has 4 nitrogen and oxygen atoms in total. The molecule has 0 aliphatic heterocycles. The van der Waals surface area contributed by atoms with Crippen molar-refractivity contribution >= 4 is 32.7 Å². The average Bonchev–Trinajstić information content (AvgIpc) is 3.61. The lowest BCUT2D eigenvalue weighted by atomic mass is 9.94. The summed E-state index contributed by atoms with van der Waals surface area (Å²) in [4.78, 5) is 15.0. The van der Waals surface area contributed by atoms with Crippen LogP contribution in [0.5, 0.6) is 0 Å². The van der Waals surface area contributed by atoms with Gasteiger partial charge in [0.1, 0.15) is 11.2 Å². The molecule has 248 valence electrons. The van der Waals surface area contributed by atoms with E-state index >= 15 is 0 Å². The number of furan rings is 1. The third kappa shape index (κ3) is 5.73. The second-order valence-corrected chi connectivity index (χ2v) is 13.3. The molecule has 2 aromatic heterocycles. The van der Waals surface area contributed by atoms with Gasteiger partial charge in [-0.15, -0.1) is 0 Å². The van der Waals surface area contributed by atoms with Crippen LogP contribution < -0.4 is 0 Å². The van der Waals surface area contributed by atoms with Gasteiger partial charge in [0.2, 0.25) is 0 Å². The maximum atomic E-state index is 6.57. The molecule has 53 heavy (non-hydrogen) atoms. The van der Waals surface area contributed by atoms with Gasteiger partial charge in [0.15, 0.2) is 17.5 Å². The fourth-order valence-electron chi connectivity index (χ4n) is 7.23. The number of rotatable bonds is 6. The van der Waals surface area contributed by atoms with E-state index in [4.69, 9.17) is 19.4 Å². The molecule has 0 unspecified atom stereocenters. The fraction of sp³-hybridized carbons (Fsp3) is 0. The van der Waals surface area contributed by atoms with E-state index in [0.717, 1.165) is 55.0 Å². The SMILES string of the molecule is c1ccc(-c2ccc3cc(-c4nc(-c5ccccc5)nc(-c5ccc6c(c5)oc5cc(-c7ccccc7-c7ccccc7)ccc56)n4)ccc3c2)cc1. The number of nitrogens with zero attached hydrogens (tertiary/aromatic N) is 3. The Bertz CT molecular complexity index is 2940. The third-order valence-corrected chi connectivity index (χ3v) is 9.93. The molecule has 0 aliphatic rings. The first-order valence-corrected chi connectivity index (χ1v) is 17.8. The van der Waals surface area contributed by atoms with Crippen LogP contribution in [0.15, 0.2) is 192 Å². The molecule has 4 heteroatoms. The van der Waals surface area contributed by atoms with E-state index in [2.05, 4.69) is 140 Å². The van der Waals surface area contributed by atoms with Gasteiger partial charge in [0, 0.05) is 27.5 Å². The topological polar surface area (TPSA) is 51.8 Å². The van der Waals surface area contributed by atoms with Crippen LogP contribution >= 0.6 is 0 Å². The Labute approximate surface area is 306 Å². The molecular weight excluding hydrogens is 647 g/mol. The second kappa shape index (κ2) is 12.9. The lowest BCUT2D eigenvalue weighted by molar-refractivity contribution is 0.669. The van der Waals surface area contributed by atoms with E-state index in [1.54, 1.807) is 0 Å². The van der Waals surface area contributed by atoms with Gasteiger partial charge >= 0.3 is 0 Å². The summed E-state index contributed by atoms with van der Waals surface area (Å²) < 4.78 is 6.57. The monoisotopic (exact) mass is 677 g/mol. The summed E-state index contributed by atoms with van der Waals surface area (Å²) in [5, 5.41) is 4.41. The van der Waals surface area contributed by atoms with Crippen molar-refractivity contribution in [3.05, 3.63) is 188 Å². The molecule has 0 atom stereocenters. The van der Waals surface area contributed by atoms with Gasteiger partial charge in [0.05, 0.1) is 0 Å². The Morgan fingerprint density at radius 1 is 0.283 bits per heavy atom. The van der Waals surface area contributed by atoms with Crippen LogP contribution in [0.2, 0.25) is 0 Å². The molecule has 0 saturated heterocycles. The maximum absolute atomic E-state index is 6.57. The van der Waals surface area contributed by atoms with Gasteiger partial charge in [-0.25, -0.2) is 15.0 Å². The van der Waals surface area contributed by atoms with E-state index in [1.165, 1.54) is 27.8 Å². The number of aromatic nitrogens is 3. The van der Waals surface area contributed by atoms with Gasteiger partial charge in [-0.2, -0.15) is 0 Å². The van der Waals surface area contributed by atoms with Crippen LogP contribution in [0.4, 0.5) is 0 Å². The number of hydrogen-bond donors (Lipinski definition) is 0. The predicted molar refractivity (Wildman–Crippen MR) is 217 cm³/mol. The standard InChI is InChI=1S/C49H31N3O/c1-4-12-32(13-5-1)35-20-21-37-29-39(23-22-36(37)28-35)48-50-47(34-16-8-3-9-17-34)51-49(52-48)40-25-27-44-43-26-24-38(30-45(43)53-46(44)31-40)42-19-11-10-18-41(42)33-14-6-2-7-15-33/h1-31H. The van der Waals surface area contributed by atoms with Crippen molar-refractivity contribution in [1.82, 2.24) is 15.0 Å². The van der Waals surface area contributed by atoms with Gasteiger partial charge < -0.3 is 4.42 Å². The van der Waals surface area contributed by atoms with Crippen molar-refractivity contribution < 1.29 is 4.42 Å². The third-order valence-electron chi connectivity index (χ3n) is 9.93. The Morgan fingerprint density at radius 2 is 0.698 bits per heavy atom. The van der Waals surface area contributed by atoms with Gasteiger partial charge in [-0.1, -0.05) is 152 Å². The van der Waals surface area contributed by atoms with E-state index < -0.39 is 0 Å². The molecule has 2 heterocycles. The Morgan fingerprint density at radius 3 is 1.32 bits per heavy atom. The van der Waals surface area contributed by atoms with E-state index in [0.29, 0.717) is 17.5 Å². The van der Waals surface area contributed by atoms with Crippen LogP contribution in [0.3, 0.4) is 0 Å². The summed E-state index contributed by atoms with van der Waals surface area (Å²) in [7, 11) is 0. The lowest BCUT2D eigenvalue weighted by Crippen LogP contribution is -2.00. The minimum Gasteiger partial charge on any atom is -0.456 e. The largest absolute Gasteiger partial charge is 0.456 e. The van der Waals surface area contributed by atoms with Crippen LogP contribution in [0.25, 0.3) is 100 Å². The molecule has 0 spiro atoms. The van der Waals surface area contributed by atoms with Crippen LogP contribution in [0, 0.1) is 0 Å². The fourth-order valence-corrected chi connectivity index (χ4v) is 7.23. The van der Waals surface area contributed by atoms with Gasteiger partial charge in [0.25, 0.3) is 0 Å². The van der Waals surface area contributed by atoms with E-state index in [1.807, 2.05) is 48.5 Å². The Kier molecular flexibility index (Phi) is 7.43. The number of fused-ring (bicyclic) bond motifs is 4. The summed E-state index contributed by atoms with van der Waals surface area (Å²) in [6.07, 6.45) is 0. The Balaban J connectivity index is 1.06. The first kappa shape index (κ1) is 30.6. The molecule has 0 fully saturated rings. The first-order chi connectivity index (χ1) is 26.2. The minimum absolute atomic E-state index is 0.591. The van der Waals surface area contributed by atoms with Crippen molar-refractivity contribution in [3.8, 4) is 67.5 Å². The molecule has 0 aliphatic carbocycles. The lowest BCUT2D eigenvalue weighted by Gasteiger charge is -2.10. The molecule has 0 amide bonds. The van der Waals surface area contributed by atoms with Crippen molar-refractivity contribution in [2.45, 2.75) is 0 Å². The molecule has 0 bridgehead atoms. The average molecular weight is 678 g/mol. The van der Waals surface area contributed by atoms with Crippen LogP contribution in [-0.4, -0.2) is 15.0 Å². The maximum Gasteiger partial charge on any atom is 0.164 e. The highest BCUT2D eigenvalue weighted by atomic mass is 16.3. The van der Waals surface area contributed by atoms with Crippen molar-refractivity contribution in [2.75, 3.05) is 0 Å². The summed E-state index contributed by atoms with van der Waals surface area (Å²) in [6, 6.07) is 65.3. The van der Waals surface area contributed by atoms with Crippen LogP contribution in [-0.2, 0) is 0 Å². The van der Waals surface area contributed by atoms with E-state index in [9.17, 15) is 0 Å². The minimum atomic E-state index is 0.591. The predicted octanol–water partition coefficient (Wildman–Crippen LogP) is 12.9. The molecule has 0 N–H and O–H groups in total. The zero-order valence-electron chi connectivity index (χ0n) is 28.6. The summed E-state index contributed by atoms with van der Waals surface area (Å²) in [5.74, 6) is 1.83. The summed E-state index contributed by atoms with van der Waals surface area (Å²) in [6.45, 7) is 0.